The van der Waals surface area contributed by atoms with Crippen LogP contribution < -0.4 is 21.3 Å². The van der Waals surface area contributed by atoms with Crippen molar-refractivity contribution in [2.75, 3.05) is 54.4 Å². The van der Waals surface area contributed by atoms with E-state index in [1.807, 2.05) is 28.2 Å². The quantitative estimate of drug-likeness (QED) is 0.217. The molecule has 0 radical (unpaired) electrons. The zero-order valence-electron chi connectivity index (χ0n) is 11.7. The molecular formula is C8H24N6NiO4-2. The van der Waals surface area contributed by atoms with Gasteiger partial charge in [0.15, 0.2) is 0 Å². The van der Waals surface area contributed by atoms with Crippen molar-refractivity contribution in [3.63, 3.8) is 0 Å². The molecule has 0 fully saturated rings. The van der Waals surface area contributed by atoms with E-state index in [9.17, 15) is 0 Å². The van der Waals surface area contributed by atoms with Crippen molar-refractivity contribution in [1.82, 2.24) is 21.3 Å². The molecule has 10 nitrogen and oxygen atoms in total. The van der Waals surface area contributed by atoms with Gasteiger partial charge in [-0.3, -0.25) is 0 Å². The van der Waals surface area contributed by atoms with Gasteiger partial charge in [-0.2, -0.15) is 0 Å². The van der Waals surface area contributed by atoms with Gasteiger partial charge in [0.25, 0.3) is 0 Å². The van der Waals surface area contributed by atoms with Crippen LogP contribution in [0.25, 0.3) is 0 Å². The molecule has 11 heteroatoms. The summed E-state index contributed by atoms with van der Waals surface area (Å²) in [6.45, 7) is 4.21. The smallest absolute Gasteiger partial charge is 0.00736 e. The van der Waals surface area contributed by atoms with Crippen LogP contribution in [0.1, 0.15) is 0 Å². The Morgan fingerprint density at radius 3 is 0.842 bits per heavy atom. The minimum absolute atomic E-state index is 0. The molecule has 0 aromatic rings. The topological polar surface area (TPSA) is 153 Å². The molecule has 122 valence electrons. The molecule has 0 heterocycles. The van der Waals surface area contributed by atoms with Crippen LogP contribution in [0.5, 0.6) is 0 Å². The van der Waals surface area contributed by atoms with Crippen molar-refractivity contribution < 1.29 is 16.5 Å². The standard InChI is InChI=1S/2C4H12N2.2HNO2.Ni/c2*1-5-3-4-6-2;2*2-1-3;/h2*5-6H,3-4H2,1-2H3;2*(H,2,3);/p-2. The third kappa shape index (κ3) is 149. The number of rotatable bonds is 6. The molecule has 0 saturated heterocycles. The van der Waals surface area contributed by atoms with E-state index in [0.29, 0.717) is 0 Å². The van der Waals surface area contributed by atoms with Crippen LogP contribution >= 0.6 is 0 Å². The van der Waals surface area contributed by atoms with E-state index in [2.05, 4.69) is 21.3 Å². The van der Waals surface area contributed by atoms with Crippen molar-refractivity contribution in [3.05, 3.63) is 20.2 Å². The van der Waals surface area contributed by atoms with Crippen molar-refractivity contribution in [1.29, 1.82) is 0 Å². The van der Waals surface area contributed by atoms with E-state index in [1.165, 1.54) is 0 Å². The summed E-state index contributed by atoms with van der Waals surface area (Å²) in [5.41, 5.74) is 0. The Bertz CT molecular complexity index is 114. The number of hydrogen-bond acceptors (Lipinski definition) is 10. The summed E-state index contributed by atoms with van der Waals surface area (Å²) in [6, 6.07) is 0. The van der Waals surface area contributed by atoms with Gasteiger partial charge in [-0.05, 0) is 28.2 Å². The summed E-state index contributed by atoms with van der Waals surface area (Å²) in [6.07, 6.45) is 0. The summed E-state index contributed by atoms with van der Waals surface area (Å²) < 4.78 is 0. The van der Waals surface area contributed by atoms with E-state index in [4.69, 9.17) is 20.2 Å². The second-order valence-corrected chi connectivity index (χ2v) is 2.56. The Morgan fingerprint density at radius 1 is 0.684 bits per heavy atom. The molecule has 0 rings (SSSR count). The molecule has 4 N–H and O–H groups in total. The van der Waals surface area contributed by atoms with E-state index >= 15 is 0 Å². The number of nitrogens with one attached hydrogen (secondary N) is 4. The first-order chi connectivity index (χ1) is 8.66. The molecule has 0 aromatic carbocycles. The van der Waals surface area contributed by atoms with Crippen LogP contribution in [-0.4, -0.2) is 54.4 Å². The zero-order chi connectivity index (χ0) is 15.1. The molecule has 0 aliphatic rings. The molecule has 0 bridgehead atoms. The molecular weight excluding hydrogens is 303 g/mol. The number of nitrogens with zero attached hydrogens (tertiary/aromatic N) is 2. The number of hydrogen-bond donors (Lipinski definition) is 4. The largest absolute Gasteiger partial charge is 0.444 e. The van der Waals surface area contributed by atoms with Crippen molar-refractivity contribution in [3.8, 4) is 0 Å². The van der Waals surface area contributed by atoms with Gasteiger partial charge in [-0.25, -0.2) is 0 Å². The minimum atomic E-state index is 0. The summed E-state index contributed by atoms with van der Waals surface area (Å²) >= 11 is 0. The maximum Gasteiger partial charge on any atom is 0.00736 e. The Kier molecular flexibility index (Phi) is 86.8. The average molecular weight is 327 g/mol. The third-order valence-electron chi connectivity index (χ3n) is 1.25. The third-order valence-corrected chi connectivity index (χ3v) is 1.25. The van der Waals surface area contributed by atoms with Crippen LogP contribution in [0.4, 0.5) is 0 Å². The Hall–Kier alpha value is -0.866. The van der Waals surface area contributed by atoms with Gasteiger partial charge in [-0.1, -0.05) is 0 Å². The van der Waals surface area contributed by atoms with E-state index < -0.39 is 0 Å². The second-order valence-electron chi connectivity index (χ2n) is 2.56. The molecule has 0 saturated carbocycles. The first-order valence-electron chi connectivity index (χ1n) is 5.14. The zero-order valence-corrected chi connectivity index (χ0v) is 12.7. The molecule has 0 unspecified atom stereocenters. The van der Waals surface area contributed by atoms with Gasteiger partial charge in [0.1, 0.15) is 0 Å². The fourth-order valence-electron chi connectivity index (χ4n) is 0.500. The molecule has 0 amide bonds. The van der Waals surface area contributed by atoms with Gasteiger partial charge in [0, 0.05) is 42.7 Å². The Morgan fingerprint density at radius 2 is 0.789 bits per heavy atom. The van der Waals surface area contributed by atoms with Crippen molar-refractivity contribution in [2.24, 2.45) is 10.7 Å². The van der Waals surface area contributed by atoms with Crippen LogP contribution in [0.15, 0.2) is 10.7 Å². The van der Waals surface area contributed by atoms with Crippen molar-refractivity contribution >= 4 is 0 Å². The summed E-state index contributed by atoms with van der Waals surface area (Å²) in [4.78, 5) is 16.0. The van der Waals surface area contributed by atoms with Crippen LogP contribution in [0.2, 0.25) is 0 Å². The fraction of sp³-hybridized carbons (Fsp3) is 1.00. The summed E-state index contributed by atoms with van der Waals surface area (Å²) in [5.74, 6) is 0. The Labute approximate surface area is 123 Å². The van der Waals surface area contributed by atoms with Crippen LogP contribution in [-0.2, 0) is 16.5 Å². The SMILES string of the molecule is CNCCNC.CNCCNC.O=N[O-].O=N[O-].[Ni]. The van der Waals surface area contributed by atoms with Gasteiger partial charge < -0.3 is 41.5 Å². The van der Waals surface area contributed by atoms with E-state index in [1.54, 1.807) is 0 Å². The molecule has 0 aromatic heterocycles. The van der Waals surface area contributed by atoms with Gasteiger partial charge in [0.05, 0.1) is 0 Å². The Balaban J connectivity index is -0.0000000476. The van der Waals surface area contributed by atoms with E-state index in [0.717, 1.165) is 36.9 Å². The maximum atomic E-state index is 8.00. The average Bonchev–Trinajstić information content (AvgIpc) is 2.36. The predicted molar refractivity (Wildman–Crippen MR) is 74.0 cm³/mol. The molecule has 0 spiro atoms. The molecule has 0 aliphatic heterocycles. The second kappa shape index (κ2) is 53.5. The van der Waals surface area contributed by atoms with Crippen LogP contribution in [0.3, 0.4) is 0 Å². The van der Waals surface area contributed by atoms with Crippen molar-refractivity contribution in [2.45, 2.75) is 0 Å². The summed E-state index contributed by atoms with van der Waals surface area (Å²) in [7, 11) is 7.77. The van der Waals surface area contributed by atoms with Gasteiger partial charge in [-0.15, -0.1) is 10.7 Å². The number of likely N-dealkylation sites (N-methyl/N-ethyl adjacent to an activating group) is 4. The molecule has 19 heavy (non-hydrogen) atoms. The fourth-order valence-corrected chi connectivity index (χ4v) is 0.500. The first-order valence-corrected chi connectivity index (χ1v) is 5.14. The molecule has 0 aliphatic carbocycles. The maximum absolute atomic E-state index is 8.00. The molecule has 0 atom stereocenters. The van der Waals surface area contributed by atoms with E-state index in [-0.39, 0.29) is 16.5 Å². The predicted octanol–water partition coefficient (Wildman–Crippen LogP) is -0.651. The summed E-state index contributed by atoms with van der Waals surface area (Å²) in [5, 5.41) is 30.0. The normalized spacial score (nSPS) is 6.95. The van der Waals surface area contributed by atoms with Gasteiger partial charge in [0.2, 0.25) is 0 Å². The van der Waals surface area contributed by atoms with Crippen LogP contribution in [0, 0.1) is 20.2 Å². The van der Waals surface area contributed by atoms with Gasteiger partial charge >= 0.3 is 0 Å². The minimum Gasteiger partial charge on any atom is -0.444 e. The monoisotopic (exact) mass is 326 g/mol. The first kappa shape index (κ1) is 30.9.